The maximum absolute atomic E-state index is 14.2. The predicted octanol–water partition coefficient (Wildman–Crippen LogP) is 3.32. The molecule has 1 saturated carbocycles. The molecule has 170 valence electrons. The number of aromatic nitrogens is 4. The van der Waals surface area contributed by atoms with Gasteiger partial charge in [0, 0.05) is 30.7 Å². The van der Waals surface area contributed by atoms with Gasteiger partial charge >= 0.3 is 0 Å². The minimum absolute atomic E-state index is 0.0547. The van der Waals surface area contributed by atoms with Crippen LogP contribution in [0.3, 0.4) is 0 Å². The van der Waals surface area contributed by atoms with Gasteiger partial charge in [0.1, 0.15) is 10.4 Å². The number of carbonyl (C=O) groups excluding carboxylic acids is 1. The number of benzene rings is 1. The standard InChI is InChI=1S/C22H27BrFN7O/c1-12(25)8-13-9-15(4-5-17(13)24)31-19-16(18(23)30-31)11-27-21(29-19)28-14-6-7-22(2,10-14)20(32)26-3/h4-5,9,11-12,14H,6-8,10,25H2,1-3H3,(H,26,32)(H,27,28,29)/t12?,14-,22-/m1/s1. The molecule has 4 N–H and O–H groups in total. The van der Waals surface area contributed by atoms with Crippen molar-refractivity contribution < 1.29 is 9.18 Å². The minimum atomic E-state index is -0.397. The van der Waals surface area contributed by atoms with Gasteiger partial charge in [-0.15, -0.1) is 0 Å². The lowest BCUT2D eigenvalue weighted by Crippen LogP contribution is -2.35. The molecule has 1 amide bonds. The second kappa shape index (κ2) is 8.74. The maximum atomic E-state index is 14.2. The number of hydrogen-bond donors (Lipinski definition) is 3. The van der Waals surface area contributed by atoms with Crippen molar-refractivity contribution >= 4 is 38.8 Å². The molecule has 1 unspecified atom stereocenters. The highest BCUT2D eigenvalue weighted by atomic mass is 79.9. The molecule has 2 aromatic heterocycles. The largest absolute Gasteiger partial charge is 0.359 e. The number of halogens is 2. The summed E-state index contributed by atoms with van der Waals surface area (Å²) in [5.74, 6) is 0.230. The van der Waals surface area contributed by atoms with Crippen molar-refractivity contribution in [3.05, 3.63) is 40.4 Å². The summed E-state index contributed by atoms with van der Waals surface area (Å²) in [6, 6.07) is 4.77. The number of anilines is 1. The lowest BCUT2D eigenvalue weighted by atomic mass is 9.87. The van der Waals surface area contributed by atoms with E-state index in [1.54, 1.807) is 30.1 Å². The third kappa shape index (κ3) is 4.33. The van der Waals surface area contributed by atoms with Gasteiger partial charge in [0.05, 0.1) is 11.1 Å². The highest BCUT2D eigenvalue weighted by molar-refractivity contribution is 9.10. The van der Waals surface area contributed by atoms with Crippen LogP contribution in [0, 0.1) is 11.2 Å². The van der Waals surface area contributed by atoms with E-state index in [1.165, 1.54) is 6.07 Å². The molecule has 1 aromatic carbocycles. The van der Waals surface area contributed by atoms with Gasteiger partial charge in [0.25, 0.3) is 0 Å². The van der Waals surface area contributed by atoms with Crippen molar-refractivity contribution in [1.82, 2.24) is 25.1 Å². The fraction of sp³-hybridized carbons (Fsp3) is 0.455. The van der Waals surface area contributed by atoms with Crippen molar-refractivity contribution in [3.8, 4) is 5.69 Å². The lowest BCUT2D eigenvalue weighted by molar-refractivity contribution is -0.129. The summed E-state index contributed by atoms with van der Waals surface area (Å²) in [4.78, 5) is 21.3. The first-order valence-electron chi connectivity index (χ1n) is 10.6. The average molecular weight is 504 g/mol. The van der Waals surface area contributed by atoms with E-state index < -0.39 is 5.41 Å². The van der Waals surface area contributed by atoms with Gasteiger partial charge in [-0.1, -0.05) is 6.92 Å². The van der Waals surface area contributed by atoms with E-state index in [-0.39, 0.29) is 23.8 Å². The zero-order valence-electron chi connectivity index (χ0n) is 18.3. The Bertz CT molecular complexity index is 1160. The number of amides is 1. The first-order valence-corrected chi connectivity index (χ1v) is 11.4. The minimum Gasteiger partial charge on any atom is -0.359 e. The SMILES string of the molecule is CNC(=O)[C@]1(C)CC[C@@H](Nc2ncc3c(Br)nn(-c4ccc(F)c(CC(C)N)c4)c3n2)C1. The molecule has 2 heterocycles. The van der Waals surface area contributed by atoms with Gasteiger partial charge in [-0.05, 0) is 72.3 Å². The van der Waals surface area contributed by atoms with E-state index in [2.05, 4.69) is 36.6 Å². The molecule has 3 atom stereocenters. The molecule has 0 aliphatic heterocycles. The van der Waals surface area contributed by atoms with E-state index in [4.69, 9.17) is 10.7 Å². The maximum Gasteiger partial charge on any atom is 0.225 e. The van der Waals surface area contributed by atoms with E-state index in [1.807, 2.05) is 13.8 Å². The summed E-state index contributed by atoms with van der Waals surface area (Å²) in [6.07, 6.45) is 4.49. The molecule has 0 saturated heterocycles. The molecule has 0 radical (unpaired) electrons. The Morgan fingerprint density at radius 2 is 2.25 bits per heavy atom. The Morgan fingerprint density at radius 1 is 1.47 bits per heavy atom. The van der Waals surface area contributed by atoms with Crippen molar-refractivity contribution in [3.63, 3.8) is 0 Å². The Balaban J connectivity index is 1.64. The third-order valence-electron chi connectivity index (χ3n) is 6.05. The predicted molar refractivity (Wildman–Crippen MR) is 125 cm³/mol. The van der Waals surface area contributed by atoms with E-state index in [0.717, 1.165) is 18.2 Å². The van der Waals surface area contributed by atoms with E-state index in [0.29, 0.717) is 40.3 Å². The van der Waals surface area contributed by atoms with Crippen LogP contribution in [0.25, 0.3) is 16.7 Å². The van der Waals surface area contributed by atoms with Gasteiger partial charge in [0.15, 0.2) is 5.65 Å². The summed E-state index contributed by atoms with van der Waals surface area (Å²) in [5.41, 5.74) is 7.29. The highest BCUT2D eigenvalue weighted by Crippen LogP contribution is 2.39. The number of rotatable bonds is 6. The van der Waals surface area contributed by atoms with Crippen LogP contribution in [0.15, 0.2) is 29.0 Å². The molecular weight excluding hydrogens is 477 g/mol. The third-order valence-corrected chi connectivity index (χ3v) is 6.63. The molecule has 1 fully saturated rings. The second-order valence-corrected chi connectivity index (χ2v) is 9.57. The molecule has 8 nitrogen and oxygen atoms in total. The number of nitrogens with zero attached hydrogens (tertiary/aromatic N) is 4. The van der Waals surface area contributed by atoms with Crippen LogP contribution in [-0.2, 0) is 11.2 Å². The molecule has 32 heavy (non-hydrogen) atoms. The smallest absolute Gasteiger partial charge is 0.225 e. The molecule has 1 aliphatic carbocycles. The normalized spacial score (nSPS) is 21.6. The summed E-state index contributed by atoms with van der Waals surface area (Å²) in [6.45, 7) is 3.83. The van der Waals surface area contributed by atoms with Crippen LogP contribution < -0.4 is 16.4 Å². The highest BCUT2D eigenvalue weighted by Gasteiger charge is 2.40. The van der Waals surface area contributed by atoms with E-state index >= 15 is 0 Å². The molecular formula is C22H27BrFN7O. The van der Waals surface area contributed by atoms with Gasteiger partial charge < -0.3 is 16.4 Å². The fourth-order valence-corrected chi connectivity index (χ4v) is 4.81. The van der Waals surface area contributed by atoms with Crippen LogP contribution in [0.1, 0.15) is 38.7 Å². The lowest BCUT2D eigenvalue weighted by Gasteiger charge is -2.22. The first-order chi connectivity index (χ1) is 15.2. The number of carbonyl (C=O) groups is 1. The Kier molecular flexibility index (Phi) is 6.17. The molecule has 0 spiro atoms. The zero-order chi connectivity index (χ0) is 23.0. The van der Waals surface area contributed by atoms with Crippen molar-refractivity contribution in [2.45, 2.75) is 51.6 Å². The molecule has 1 aliphatic rings. The number of hydrogen-bond acceptors (Lipinski definition) is 6. The van der Waals surface area contributed by atoms with Crippen LogP contribution in [0.4, 0.5) is 10.3 Å². The number of nitrogens with one attached hydrogen (secondary N) is 2. The quantitative estimate of drug-likeness (QED) is 0.475. The fourth-order valence-electron chi connectivity index (χ4n) is 4.37. The summed E-state index contributed by atoms with van der Waals surface area (Å²) < 4.78 is 16.5. The topological polar surface area (TPSA) is 111 Å². The molecule has 10 heteroatoms. The Hall–Kier alpha value is -2.59. The van der Waals surface area contributed by atoms with Gasteiger partial charge in [0.2, 0.25) is 11.9 Å². The van der Waals surface area contributed by atoms with Gasteiger partial charge in [-0.2, -0.15) is 10.1 Å². The number of nitrogens with two attached hydrogens (primary N) is 1. The molecule has 3 aromatic rings. The van der Waals surface area contributed by atoms with Crippen molar-refractivity contribution in [2.24, 2.45) is 11.1 Å². The molecule has 0 bridgehead atoms. The summed E-state index contributed by atoms with van der Waals surface area (Å²) >= 11 is 3.47. The van der Waals surface area contributed by atoms with Crippen molar-refractivity contribution in [2.75, 3.05) is 12.4 Å². The second-order valence-electron chi connectivity index (χ2n) is 8.81. The van der Waals surface area contributed by atoms with Crippen LogP contribution in [0.2, 0.25) is 0 Å². The van der Waals surface area contributed by atoms with Crippen LogP contribution >= 0.6 is 15.9 Å². The number of fused-ring (bicyclic) bond motifs is 1. The summed E-state index contributed by atoms with van der Waals surface area (Å²) in [5, 5.41) is 11.4. The Morgan fingerprint density at radius 3 is 2.97 bits per heavy atom. The van der Waals surface area contributed by atoms with Gasteiger partial charge in [-0.25, -0.2) is 14.1 Å². The monoisotopic (exact) mass is 503 g/mol. The van der Waals surface area contributed by atoms with Crippen molar-refractivity contribution in [1.29, 1.82) is 0 Å². The van der Waals surface area contributed by atoms with E-state index in [9.17, 15) is 9.18 Å². The summed E-state index contributed by atoms with van der Waals surface area (Å²) in [7, 11) is 1.67. The first kappa shape index (κ1) is 22.6. The average Bonchev–Trinajstić information content (AvgIpc) is 3.29. The van der Waals surface area contributed by atoms with Crippen LogP contribution in [0.5, 0.6) is 0 Å². The van der Waals surface area contributed by atoms with Gasteiger partial charge in [-0.3, -0.25) is 4.79 Å². The zero-order valence-corrected chi connectivity index (χ0v) is 19.9. The molecule has 4 rings (SSSR count). The Labute approximate surface area is 194 Å². The van der Waals surface area contributed by atoms with Crippen LogP contribution in [-0.4, -0.2) is 44.8 Å².